The third kappa shape index (κ3) is 5.93. The van der Waals surface area contributed by atoms with E-state index in [4.69, 9.17) is 4.74 Å². The van der Waals surface area contributed by atoms with Gasteiger partial charge in [-0.15, -0.1) is 0 Å². The van der Waals surface area contributed by atoms with E-state index in [1.54, 1.807) is 0 Å². The highest BCUT2D eigenvalue weighted by atomic mass is 16.5. The molecule has 0 aromatic carbocycles. The van der Waals surface area contributed by atoms with Crippen LogP contribution in [0.15, 0.2) is 12.2 Å². The van der Waals surface area contributed by atoms with Crippen molar-refractivity contribution in [3.8, 4) is 0 Å². The van der Waals surface area contributed by atoms with E-state index in [-0.39, 0.29) is 0 Å². The summed E-state index contributed by atoms with van der Waals surface area (Å²) < 4.78 is 6.30. The van der Waals surface area contributed by atoms with E-state index in [1.165, 1.54) is 69.8 Å². The van der Waals surface area contributed by atoms with Crippen molar-refractivity contribution >= 4 is 0 Å². The van der Waals surface area contributed by atoms with Crippen molar-refractivity contribution in [2.24, 2.45) is 23.2 Å². The molecule has 0 heterocycles. The molecular weight excluding hydrogens is 280 g/mol. The summed E-state index contributed by atoms with van der Waals surface area (Å²) in [5.74, 6) is 2.50. The molecule has 0 aromatic heterocycles. The molecule has 0 unspecified atom stereocenters. The van der Waals surface area contributed by atoms with Gasteiger partial charge in [0.1, 0.15) is 0 Å². The maximum absolute atomic E-state index is 6.30. The van der Waals surface area contributed by atoms with Crippen molar-refractivity contribution in [2.45, 2.75) is 98.0 Å². The minimum Gasteiger partial charge on any atom is -0.378 e. The summed E-state index contributed by atoms with van der Waals surface area (Å²) in [7, 11) is 0. The molecule has 134 valence electrons. The van der Waals surface area contributed by atoms with E-state index >= 15 is 0 Å². The quantitative estimate of drug-likeness (QED) is 0.491. The SMILES string of the molecule is C=C(CCC)C1CCC(COC2CCC(C(C)(C)C)CC2)CC1. The molecule has 2 aliphatic rings. The lowest BCUT2D eigenvalue weighted by atomic mass is 9.72. The van der Waals surface area contributed by atoms with Gasteiger partial charge >= 0.3 is 0 Å². The summed E-state index contributed by atoms with van der Waals surface area (Å²) in [6.07, 6.45) is 13.7. The summed E-state index contributed by atoms with van der Waals surface area (Å²) in [6, 6.07) is 0. The first-order valence-corrected chi connectivity index (χ1v) is 10.2. The predicted molar refractivity (Wildman–Crippen MR) is 101 cm³/mol. The molecule has 2 rings (SSSR count). The third-order valence-electron chi connectivity index (χ3n) is 6.46. The standard InChI is InChI=1S/C22H40O/c1-6-7-17(2)19-10-8-18(9-11-19)16-23-21-14-12-20(13-15-21)22(3,4)5/h18-21H,2,6-16H2,1,3-5H3. The molecule has 0 aliphatic heterocycles. The largest absolute Gasteiger partial charge is 0.378 e. The first-order chi connectivity index (χ1) is 10.9. The fourth-order valence-corrected chi connectivity index (χ4v) is 4.63. The maximum Gasteiger partial charge on any atom is 0.0575 e. The monoisotopic (exact) mass is 320 g/mol. The second kappa shape index (κ2) is 8.70. The molecule has 1 heteroatoms. The molecule has 0 spiro atoms. The zero-order valence-electron chi connectivity index (χ0n) is 16.2. The molecule has 0 saturated heterocycles. The fourth-order valence-electron chi connectivity index (χ4n) is 4.63. The highest BCUT2D eigenvalue weighted by molar-refractivity contribution is 5.01. The van der Waals surface area contributed by atoms with Gasteiger partial charge < -0.3 is 4.74 Å². The van der Waals surface area contributed by atoms with E-state index in [0.717, 1.165) is 24.4 Å². The van der Waals surface area contributed by atoms with Gasteiger partial charge in [-0.05, 0) is 81.0 Å². The molecule has 2 fully saturated rings. The van der Waals surface area contributed by atoms with Crippen LogP contribution in [0, 0.1) is 23.2 Å². The van der Waals surface area contributed by atoms with Crippen LogP contribution in [0.1, 0.15) is 91.9 Å². The lowest BCUT2D eigenvalue weighted by molar-refractivity contribution is -0.0187. The molecule has 0 N–H and O–H groups in total. The number of ether oxygens (including phenoxy) is 1. The van der Waals surface area contributed by atoms with Crippen LogP contribution in [0.5, 0.6) is 0 Å². The zero-order valence-corrected chi connectivity index (χ0v) is 16.2. The Bertz CT molecular complexity index is 349. The summed E-state index contributed by atoms with van der Waals surface area (Å²) in [5, 5.41) is 0. The highest BCUT2D eigenvalue weighted by Gasteiger charge is 2.30. The van der Waals surface area contributed by atoms with E-state index < -0.39 is 0 Å². The van der Waals surface area contributed by atoms with Crippen LogP contribution in [0.25, 0.3) is 0 Å². The summed E-state index contributed by atoms with van der Waals surface area (Å²) in [5.41, 5.74) is 1.98. The van der Waals surface area contributed by atoms with Crippen molar-refractivity contribution in [2.75, 3.05) is 6.61 Å². The van der Waals surface area contributed by atoms with Gasteiger partial charge in [0.05, 0.1) is 6.10 Å². The van der Waals surface area contributed by atoms with Crippen molar-refractivity contribution in [3.63, 3.8) is 0 Å². The van der Waals surface area contributed by atoms with Gasteiger partial charge in [-0.2, -0.15) is 0 Å². The molecule has 0 atom stereocenters. The van der Waals surface area contributed by atoms with Gasteiger partial charge in [0.2, 0.25) is 0 Å². The third-order valence-corrected chi connectivity index (χ3v) is 6.46. The number of allylic oxidation sites excluding steroid dienone is 1. The fraction of sp³-hybridized carbons (Fsp3) is 0.909. The summed E-state index contributed by atoms with van der Waals surface area (Å²) in [6.45, 7) is 14.8. The van der Waals surface area contributed by atoms with E-state index in [2.05, 4.69) is 34.3 Å². The van der Waals surface area contributed by atoms with Gasteiger partial charge in [-0.3, -0.25) is 0 Å². The van der Waals surface area contributed by atoms with Crippen LogP contribution in [-0.4, -0.2) is 12.7 Å². The molecule has 2 aliphatic carbocycles. The average molecular weight is 321 g/mol. The van der Waals surface area contributed by atoms with Crippen molar-refractivity contribution < 1.29 is 4.74 Å². The van der Waals surface area contributed by atoms with Crippen molar-refractivity contribution in [1.82, 2.24) is 0 Å². The number of rotatable bonds is 6. The Hall–Kier alpha value is -0.300. The zero-order chi connectivity index (χ0) is 16.9. The topological polar surface area (TPSA) is 9.23 Å². The number of hydrogen-bond acceptors (Lipinski definition) is 1. The predicted octanol–water partition coefficient (Wildman–Crippen LogP) is 6.77. The van der Waals surface area contributed by atoms with Gasteiger partial charge in [0, 0.05) is 6.61 Å². The van der Waals surface area contributed by atoms with Crippen LogP contribution in [0.2, 0.25) is 0 Å². The van der Waals surface area contributed by atoms with Crippen LogP contribution in [0.4, 0.5) is 0 Å². The van der Waals surface area contributed by atoms with Gasteiger partial charge in [0.15, 0.2) is 0 Å². The van der Waals surface area contributed by atoms with Gasteiger partial charge in [0.25, 0.3) is 0 Å². The average Bonchev–Trinajstić information content (AvgIpc) is 2.53. The Morgan fingerprint density at radius 1 is 0.957 bits per heavy atom. The Morgan fingerprint density at radius 2 is 1.57 bits per heavy atom. The highest BCUT2D eigenvalue weighted by Crippen LogP contribution is 2.39. The van der Waals surface area contributed by atoms with Crippen LogP contribution in [0.3, 0.4) is 0 Å². The molecule has 2 saturated carbocycles. The van der Waals surface area contributed by atoms with Gasteiger partial charge in [-0.25, -0.2) is 0 Å². The van der Waals surface area contributed by atoms with Crippen LogP contribution in [-0.2, 0) is 4.74 Å². The molecule has 0 bridgehead atoms. The summed E-state index contributed by atoms with van der Waals surface area (Å²) >= 11 is 0. The molecule has 0 amide bonds. The summed E-state index contributed by atoms with van der Waals surface area (Å²) in [4.78, 5) is 0. The molecule has 23 heavy (non-hydrogen) atoms. The smallest absolute Gasteiger partial charge is 0.0575 e. The molecule has 1 nitrogen and oxygen atoms in total. The van der Waals surface area contributed by atoms with E-state index in [1.807, 2.05) is 0 Å². The Morgan fingerprint density at radius 3 is 2.09 bits per heavy atom. The minimum absolute atomic E-state index is 0.476. The van der Waals surface area contributed by atoms with Gasteiger partial charge in [-0.1, -0.05) is 46.3 Å². The first-order valence-electron chi connectivity index (χ1n) is 10.2. The minimum atomic E-state index is 0.476. The van der Waals surface area contributed by atoms with E-state index in [0.29, 0.717) is 11.5 Å². The lowest BCUT2D eigenvalue weighted by Gasteiger charge is -2.37. The molecule has 0 aromatic rings. The van der Waals surface area contributed by atoms with Crippen LogP contribution >= 0.6 is 0 Å². The van der Waals surface area contributed by atoms with E-state index in [9.17, 15) is 0 Å². The Balaban J connectivity index is 1.62. The normalized spacial score (nSPS) is 32.7. The lowest BCUT2D eigenvalue weighted by Crippen LogP contribution is -2.30. The maximum atomic E-state index is 6.30. The Labute approximate surface area is 145 Å². The molecular formula is C22H40O. The second-order valence-corrected chi connectivity index (χ2v) is 9.30. The van der Waals surface area contributed by atoms with Crippen LogP contribution < -0.4 is 0 Å². The van der Waals surface area contributed by atoms with Crippen molar-refractivity contribution in [1.29, 1.82) is 0 Å². The molecule has 0 radical (unpaired) electrons. The second-order valence-electron chi connectivity index (χ2n) is 9.30. The van der Waals surface area contributed by atoms with Crippen molar-refractivity contribution in [3.05, 3.63) is 12.2 Å². The number of hydrogen-bond donors (Lipinski definition) is 0. The first kappa shape index (κ1) is 19.0. The Kier molecular flexibility index (Phi) is 7.19.